The molecular formula is C44H26N4O8S. The molecule has 0 atom stereocenters. The molecule has 2 heterocycles. The van der Waals surface area contributed by atoms with Crippen molar-refractivity contribution in [3.8, 4) is 0 Å². The Kier molecular flexibility index (Phi) is 9.24. The lowest BCUT2D eigenvalue weighted by Crippen LogP contribution is -2.29. The molecule has 0 aliphatic carbocycles. The Morgan fingerprint density at radius 3 is 1.07 bits per heavy atom. The Hall–Kier alpha value is -7.69. The van der Waals surface area contributed by atoms with Gasteiger partial charge in [0.1, 0.15) is 0 Å². The third-order valence-corrected chi connectivity index (χ3v) is 11.5. The number of aliphatic imine (C=N–C) groups is 2. The molecule has 0 fully saturated rings. The summed E-state index contributed by atoms with van der Waals surface area (Å²) in [5.74, 6) is -2.59. The standard InChI is InChI=1S/C44H26N4O8S/c49-25-45-31-9-1-27(2-10-31)21-29-5-13-33(14-6-29)47-41(51)37-19-17-35(23-39(37)43(47)53)57(55,56)36-18-20-38-40(24-36)44(54)48(42(38)52)34-15-7-30(8-16-34)22-28-3-11-32(12-4-28)46-26-50/h1-20,23-24H,21-22H2. The van der Waals surface area contributed by atoms with Crippen LogP contribution in [-0.4, -0.2) is 44.2 Å². The minimum Gasteiger partial charge on any atom is -0.268 e. The minimum absolute atomic E-state index is 0.0414. The van der Waals surface area contributed by atoms with Gasteiger partial charge in [0.05, 0.1) is 54.8 Å². The average Bonchev–Trinajstić information content (AvgIpc) is 3.63. The van der Waals surface area contributed by atoms with Crippen molar-refractivity contribution in [2.24, 2.45) is 9.98 Å². The number of amides is 4. The zero-order valence-electron chi connectivity index (χ0n) is 29.6. The van der Waals surface area contributed by atoms with Crippen LogP contribution in [-0.2, 0) is 32.3 Å². The zero-order valence-corrected chi connectivity index (χ0v) is 30.4. The van der Waals surface area contributed by atoms with Gasteiger partial charge in [0.15, 0.2) is 0 Å². The maximum Gasteiger partial charge on any atom is 0.266 e. The van der Waals surface area contributed by atoms with Gasteiger partial charge >= 0.3 is 0 Å². The van der Waals surface area contributed by atoms with Crippen molar-refractivity contribution in [3.63, 3.8) is 0 Å². The molecule has 4 amide bonds. The van der Waals surface area contributed by atoms with Gasteiger partial charge in [0, 0.05) is 0 Å². The van der Waals surface area contributed by atoms with E-state index in [0.717, 1.165) is 44.2 Å². The molecule has 0 saturated carbocycles. The smallest absolute Gasteiger partial charge is 0.266 e. The maximum absolute atomic E-state index is 13.9. The van der Waals surface area contributed by atoms with E-state index in [0.29, 0.717) is 35.6 Å². The number of sulfone groups is 1. The van der Waals surface area contributed by atoms with Crippen LogP contribution in [0.3, 0.4) is 0 Å². The summed E-state index contributed by atoms with van der Waals surface area (Å²) in [7, 11) is -4.32. The van der Waals surface area contributed by atoms with E-state index in [1.807, 2.05) is 24.3 Å². The number of imide groups is 2. The molecule has 8 rings (SSSR count). The van der Waals surface area contributed by atoms with Crippen molar-refractivity contribution in [2.45, 2.75) is 22.6 Å². The van der Waals surface area contributed by atoms with Crippen LogP contribution in [0.5, 0.6) is 0 Å². The third kappa shape index (κ3) is 6.70. The number of fused-ring (bicyclic) bond motifs is 2. The Labute approximate surface area is 325 Å². The second-order valence-electron chi connectivity index (χ2n) is 13.2. The number of rotatable bonds is 10. The van der Waals surface area contributed by atoms with Gasteiger partial charge in [-0.25, -0.2) is 27.8 Å². The summed E-state index contributed by atoms with van der Waals surface area (Å²) in [5, 5.41) is 0. The molecule has 2 aliphatic heterocycles. The van der Waals surface area contributed by atoms with Crippen molar-refractivity contribution in [1.29, 1.82) is 0 Å². The highest BCUT2D eigenvalue weighted by atomic mass is 32.2. The minimum atomic E-state index is -4.32. The molecule has 276 valence electrons. The highest BCUT2D eigenvalue weighted by Gasteiger charge is 2.40. The number of hydrogen-bond donors (Lipinski definition) is 0. The molecule has 0 N–H and O–H groups in total. The first-order valence-electron chi connectivity index (χ1n) is 17.4. The molecule has 0 radical (unpaired) electrons. The predicted molar refractivity (Wildman–Crippen MR) is 208 cm³/mol. The van der Waals surface area contributed by atoms with Gasteiger partial charge in [-0.05, 0) is 120 Å². The Bertz CT molecular complexity index is 2680. The molecule has 0 saturated heterocycles. The van der Waals surface area contributed by atoms with E-state index in [1.54, 1.807) is 72.8 Å². The summed E-state index contributed by atoms with van der Waals surface area (Å²) >= 11 is 0. The maximum atomic E-state index is 13.9. The first kappa shape index (κ1) is 36.3. The van der Waals surface area contributed by atoms with Crippen molar-refractivity contribution >= 4 is 68.4 Å². The van der Waals surface area contributed by atoms with E-state index in [2.05, 4.69) is 9.98 Å². The first-order valence-corrected chi connectivity index (χ1v) is 18.9. The Morgan fingerprint density at radius 1 is 0.421 bits per heavy atom. The Balaban J connectivity index is 0.985. The fourth-order valence-electron chi connectivity index (χ4n) is 6.86. The van der Waals surface area contributed by atoms with Crippen LogP contribution in [0.15, 0.2) is 153 Å². The quantitative estimate of drug-likeness (QED) is 0.0798. The van der Waals surface area contributed by atoms with Gasteiger partial charge in [-0.15, -0.1) is 0 Å². The third-order valence-electron chi connectivity index (χ3n) is 9.76. The monoisotopic (exact) mass is 770 g/mol. The van der Waals surface area contributed by atoms with Crippen LogP contribution in [0.1, 0.15) is 63.7 Å². The molecule has 57 heavy (non-hydrogen) atoms. The molecule has 0 spiro atoms. The fourth-order valence-corrected chi connectivity index (χ4v) is 8.17. The summed E-state index contributed by atoms with van der Waals surface area (Å²) in [6.07, 6.45) is 4.08. The van der Waals surface area contributed by atoms with Crippen molar-refractivity contribution in [3.05, 3.63) is 178 Å². The number of hydrogen-bond acceptors (Lipinski definition) is 10. The topological polar surface area (TPSA) is 168 Å². The molecular weight excluding hydrogens is 745 g/mol. The van der Waals surface area contributed by atoms with E-state index in [4.69, 9.17) is 0 Å². The largest absolute Gasteiger partial charge is 0.268 e. The number of carbonyl (C=O) groups excluding carboxylic acids is 6. The number of nitrogens with zero attached hydrogens (tertiary/aromatic N) is 4. The lowest BCUT2D eigenvalue weighted by molar-refractivity contribution is 0.0910. The number of carbonyl (C=O) groups is 4. The predicted octanol–water partition coefficient (Wildman–Crippen LogP) is 7.24. The lowest BCUT2D eigenvalue weighted by atomic mass is 10.0. The van der Waals surface area contributed by atoms with E-state index < -0.39 is 33.5 Å². The van der Waals surface area contributed by atoms with Crippen LogP contribution < -0.4 is 9.80 Å². The van der Waals surface area contributed by atoms with Crippen LogP contribution >= 0.6 is 0 Å². The van der Waals surface area contributed by atoms with Crippen molar-refractivity contribution < 1.29 is 37.2 Å². The van der Waals surface area contributed by atoms with Crippen LogP contribution in [0.25, 0.3) is 0 Å². The Morgan fingerprint density at radius 2 is 0.737 bits per heavy atom. The van der Waals surface area contributed by atoms with E-state index in [-0.39, 0.29) is 32.0 Å². The number of benzene rings is 6. The summed E-state index contributed by atoms with van der Waals surface area (Å²) in [4.78, 5) is 83.6. The molecule has 12 nitrogen and oxygen atoms in total. The molecule has 13 heteroatoms. The molecule has 0 unspecified atom stereocenters. The highest BCUT2D eigenvalue weighted by molar-refractivity contribution is 7.91. The summed E-state index contributed by atoms with van der Waals surface area (Å²) in [6.45, 7) is 0. The van der Waals surface area contributed by atoms with Crippen LogP contribution in [0.2, 0.25) is 0 Å². The van der Waals surface area contributed by atoms with Gasteiger partial charge in [0.2, 0.25) is 22.0 Å². The SMILES string of the molecule is O=C=Nc1ccc(Cc2ccc(N3C(=O)c4ccc(S(=O)(=O)c5ccc6c(c5)C(=O)N(c5ccc(Cc7ccc(N=C=O)cc7)cc5)C6=O)cc4C3=O)cc2)cc1. The number of anilines is 2. The molecule has 2 aliphatic rings. The van der Waals surface area contributed by atoms with E-state index >= 15 is 0 Å². The van der Waals surface area contributed by atoms with Crippen molar-refractivity contribution in [2.75, 3.05) is 9.80 Å². The molecule has 0 bridgehead atoms. The second-order valence-corrected chi connectivity index (χ2v) is 15.2. The molecule has 6 aromatic carbocycles. The summed E-state index contributed by atoms with van der Waals surface area (Å²) in [6, 6.07) is 35.1. The van der Waals surface area contributed by atoms with Gasteiger partial charge < -0.3 is 0 Å². The second kappa shape index (κ2) is 14.5. The van der Waals surface area contributed by atoms with Gasteiger partial charge in [0.25, 0.3) is 23.6 Å². The van der Waals surface area contributed by atoms with E-state index in [9.17, 15) is 37.2 Å². The number of isocyanates is 2. The van der Waals surface area contributed by atoms with E-state index in [1.165, 1.54) is 36.4 Å². The van der Waals surface area contributed by atoms with Gasteiger partial charge in [-0.2, -0.15) is 9.98 Å². The summed E-state index contributed by atoms with van der Waals surface area (Å²) < 4.78 is 27.9. The van der Waals surface area contributed by atoms with Gasteiger partial charge in [-0.3, -0.25) is 19.2 Å². The summed E-state index contributed by atoms with van der Waals surface area (Å²) in [5.41, 5.74) is 5.20. The normalized spacial score (nSPS) is 13.3. The first-order chi connectivity index (χ1) is 27.5. The lowest BCUT2D eigenvalue weighted by Gasteiger charge is -2.14. The average molecular weight is 771 g/mol. The highest BCUT2D eigenvalue weighted by Crippen LogP contribution is 2.35. The molecule has 6 aromatic rings. The zero-order chi connectivity index (χ0) is 39.8. The van der Waals surface area contributed by atoms with Crippen LogP contribution in [0.4, 0.5) is 22.7 Å². The van der Waals surface area contributed by atoms with Gasteiger partial charge in [-0.1, -0.05) is 48.5 Å². The van der Waals surface area contributed by atoms with Crippen LogP contribution in [0, 0.1) is 0 Å². The fraction of sp³-hybridized carbons (Fsp3) is 0.0455. The molecule has 0 aromatic heterocycles. The van der Waals surface area contributed by atoms with Crippen molar-refractivity contribution in [1.82, 2.24) is 0 Å².